The highest BCUT2D eigenvalue weighted by atomic mass is 19.3. The second kappa shape index (κ2) is 7.21. The molecule has 0 saturated carbocycles. The van der Waals surface area contributed by atoms with Gasteiger partial charge in [0.1, 0.15) is 18.1 Å². The Morgan fingerprint density at radius 1 is 1.33 bits per heavy atom. The van der Waals surface area contributed by atoms with Crippen LogP contribution in [0.2, 0.25) is 0 Å². The molecule has 0 fully saturated rings. The first-order chi connectivity index (χ1) is 11.2. The van der Waals surface area contributed by atoms with Gasteiger partial charge in [-0.05, 0) is 31.4 Å². The van der Waals surface area contributed by atoms with E-state index in [2.05, 4.69) is 15.2 Å². The number of alkyl halides is 2. The molecule has 0 aliphatic rings. The summed E-state index contributed by atoms with van der Waals surface area (Å²) in [6, 6.07) is 2.76. The lowest BCUT2D eigenvalue weighted by Gasteiger charge is -2.27. The first-order valence-corrected chi connectivity index (χ1v) is 7.59. The number of H-pyrrole nitrogens is 1. The van der Waals surface area contributed by atoms with E-state index >= 15 is 0 Å². The Labute approximate surface area is 138 Å². The van der Waals surface area contributed by atoms with E-state index in [0.29, 0.717) is 12.3 Å². The smallest absolute Gasteiger partial charge is 0.284 e. The van der Waals surface area contributed by atoms with Gasteiger partial charge >= 0.3 is 0 Å². The van der Waals surface area contributed by atoms with Gasteiger partial charge in [0.15, 0.2) is 0 Å². The van der Waals surface area contributed by atoms with Gasteiger partial charge in [-0.1, -0.05) is 13.8 Å². The first kappa shape index (κ1) is 18.3. The predicted molar refractivity (Wildman–Crippen MR) is 84.3 cm³/mol. The SMILES string of the molecule is CC(C)C[C@](C)(N)COc1ccc(-c2cn[nH]c2F)nc1C(F)F. The molecule has 0 unspecified atom stereocenters. The van der Waals surface area contributed by atoms with Gasteiger partial charge in [-0.2, -0.15) is 9.49 Å². The van der Waals surface area contributed by atoms with Crippen molar-refractivity contribution in [2.24, 2.45) is 11.7 Å². The summed E-state index contributed by atoms with van der Waals surface area (Å²) >= 11 is 0. The number of ether oxygens (including phenoxy) is 1. The number of aromatic nitrogens is 3. The summed E-state index contributed by atoms with van der Waals surface area (Å²) in [5.74, 6) is -0.441. The summed E-state index contributed by atoms with van der Waals surface area (Å²) in [6.07, 6.45) is -0.987. The van der Waals surface area contributed by atoms with E-state index in [1.165, 1.54) is 18.3 Å². The van der Waals surface area contributed by atoms with Crippen molar-refractivity contribution in [2.45, 2.75) is 39.2 Å². The Morgan fingerprint density at radius 3 is 2.58 bits per heavy atom. The Kier molecular flexibility index (Phi) is 5.48. The summed E-state index contributed by atoms with van der Waals surface area (Å²) in [4.78, 5) is 3.82. The van der Waals surface area contributed by atoms with Gasteiger partial charge in [0.25, 0.3) is 6.43 Å². The van der Waals surface area contributed by atoms with E-state index in [9.17, 15) is 13.2 Å². The van der Waals surface area contributed by atoms with E-state index in [4.69, 9.17) is 10.5 Å². The van der Waals surface area contributed by atoms with Crippen molar-refractivity contribution in [3.63, 3.8) is 0 Å². The largest absolute Gasteiger partial charge is 0.490 e. The molecule has 132 valence electrons. The molecule has 0 aliphatic heterocycles. The fourth-order valence-electron chi connectivity index (χ4n) is 2.57. The Balaban J connectivity index is 2.23. The average Bonchev–Trinajstić information content (AvgIpc) is 2.90. The van der Waals surface area contributed by atoms with Crippen molar-refractivity contribution in [3.05, 3.63) is 30.0 Å². The second-order valence-electron chi connectivity index (χ2n) is 6.52. The zero-order chi connectivity index (χ0) is 17.9. The van der Waals surface area contributed by atoms with Crippen molar-refractivity contribution in [1.82, 2.24) is 15.2 Å². The Hall–Kier alpha value is -2.09. The highest BCUT2D eigenvalue weighted by molar-refractivity contribution is 5.59. The molecule has 0 bridgehead atoms. The Bertz CT molecular complexity index is 686. The third-order valence-corrected chi connectivity index (χ3v) is 3.39. The van der Waals surface area contributed by atoms with Crippen molar-refractivity contribution in [1.29, 1.82) is 0 Å². The number of nitrogens with two attached hydrogens (primary N) is 1. The summed E-state index contributed by atoms with van der Waals surface area (Å²) < 4.78 is 45.6. The number of hydrogen-bond donors (Lipinski definition) is 2. The molecule has 8 heteroatoms. The summed E-state index contributed by atoms with van der Waals surface area (Å²) in [7, 11) is 0. The van der Waals surface area contributed by atoms with E-state index in [-0.39, 0.29) is 23.6 Å². The highest BCUT2D eigenvalue weighted by Gasteiger charge is 2.24. The highest BCUT2D eigenvalue weighted by Crippen LogP contribution is 2.31. The van der Waals surface area contributed by atoms with Crippen LogP contribution >= 0.6 is 0 Å². The number of nitrogens with one attached hydrogen (secondary N) is 1. The molecule has 2 heterocycles. The standard InChI is InChI=1S/C16H21F3N4O/c1-9(2)6-16(3,20)8-24-12-5-4-11(22-13(12)14(17)18)10-7-21-23-15(10)19/h4-5,7,9,14H,6,8,20H2,1-3H3,(H,21,23)/t16-/m0/s1. The topological polar surface area (TPSA) is 76.8 Å². The molecule has 0 radical (unpaired) electrons. The minimum Gasteiger partial charge on any atom is -0.490 e. The van der Waals surface area contributed by atoms with Gasteiger partial charge in [0.2, 0.25) is 5.95 Å². The van der Waals surface area contributed by atoms with E-state index in [0.717, 1.165) is 0 Å². The van der Waals surface area contributed by atoms with Crippen molar-refractivity contribution in [3.8, 4) is 17.0 Å². The van der Waals surface area contributed by atoms with Gasteiger partial charge in [-0.15, -0.1) is 0 Å². The molecular weight excluding hydrogens is 321 g/mol. The summed E-state index contributed by atoms with van der Waals surface area (Å²) in [5.41, 5.74) is 5.00. The Morgan fingerprint density at radius 2 is 2.04 bits per heavy atom. The lowest BCUT2D eigenvalue weighted by atomic mass is 9.93. The molecule has 2 rings (SSSR count). The maximum Gasteiger partial charge on any atom is 0.284 e. The molecule has 0 spiro atoms. The summed E-state index contributed by atoms with van der Waals surface area (Å²) in [6.45, 7) is 5.92. The lowest BCUT2D eigenvalue weighted by Crippen LogP contribution is -2.43. The van der Waals surface area contributed by atoms with Gasteiger partial charge < -0.3 is 10.5 Å². The first-order valence-electron chi connectivity index (χ1n) is 7.59. The van der Waals surface area contributed by atoms with E-state index < -0.39 is 23.6 Å². The van der Waals surface area contributed by atoms with Crippen LogP contribution in [0.1, 0.15) is 39.3 Å². The molecular formula is C16H21F3N4O. The number of pyridine rings is 1. The maximum absolute atomic E-state index is 13.5. The van der Waals surface area contributed by atoms with Crippen LogP contribution in [0.3, 0.4) is 0 Å². The van der Waals surface area contributed by atoms with Crippen LogP contribution < -0.4 is 10.5 Å². The molecule has 3 N–H and O–H groups in total. The second-order valence-corrected chi connectivity index (χ2v) is 6.52. The molecule has 0 saturated heterocycles. The van der Waals surface area contributed by atoms with E-state index in [1.54, 1.807) is 6.92 Å². The fourth-order valence-corrected chi connectivity index (χ4v) is 2.57. The van der Waals surface area contributed by atoms with Gasteiger partial charge in [-0.3, -0.25) is 5.10 Å². The monoisotopic (exact) mass is 342 g/mol. The van der Waals surface area contributed by atoms with Crippen LogP contribution in [0.15, 0.2) is 18.3 Å². The van der Waals surface area contributed by atoms with Crippen LogP contribution in [0.4, 0.5) is 13.2 Å². The molecule has 24 heavy (non-hydrogen) atoms. The summed E-state index contributed by atoms with van der Waals surface area (Å²) in [5, 5.41) is 5.62. The van der Waals surface area contributed by atoms with Gasteiger partial charge in [0, 0.05) is 5.54 Å². The molecule has 1 atom stereocenters. The molecule has 0 aromatic carbocycles. The van der Waals surface area contributed by atoms with Crippen LogP contribution in [-0.2, 0) is 0 Å². The van der Waals surface area contributed by atoms with Crippen molar-refractivity contribution in [2.75, 3.05) is 6.61 Å². The minimum atomic E-state index is -2.86. The number of aromatic amines is 1. The van der Waals surface area contributed by atoms with Crippen molar-refractivity contribution >= 4 is 0 Å². The van der Waals surface area contributed by atoms with E-state index in [1.807, 2.05) is 13.8 Å². The number of nitrogens with zero attached hydrogens (tertiary/aromatic N) is 2. The fraction of sp³-hybridized carbons (Fsp3) is 0.500. The zero-order valence-corrected chi connectivity index (χ0v) is 13.8. The number of halogens is 3. The minimum absolute atomic E-state index is 0.0203. The third-order valence-electron chi connectivity index (χ3n) is 3.39. The number of rotatable bonds is 7. The molecule has 5 nitrogen and oxygen atoms in total. The van der Waals surface area contributed by atoms with Crippen LogP contribution in [0, 0.1) is 11.9 Å². The van der Waals surface area contributed by atoms with Gasteiger partial charge in [0.05, 0.1) is 17.5 Å². The lowest BCUT2D eigenvalue weighted by molar-refractivity contribution is 0.134. The zero-order valence-electron chi connectivity index (χ0n) is 13.8. The van der Waals surface area contributed by atoms with Crippen LogP contribution in [0.5, 0.6) is 5.75 Å². The molecule has 2 aromatic rings. The molecule has 0 amide bonds. The van der Waals surface area contributed by atoms with Crippen LogP contribution in [-0.4, -0.2) is 27.3 Å². The molecule has 0 aliphatic carbocycles. The third kappa shape index (κ3) is 4.47. The van der Waals surface area contributed by atoms with Crippen LogP contribution in [0.25, 0.3) is 11.3 Å². The predicted octanol–water partition coefficient (Wildman–Crippen LogP) is 3.69. The average molecular weight is 342 g/mol. The molecule has 2 aromatic heterocycles. The van der Waals surface area contributed by atoms with Gasteiger partial charge in [-0.25, -0.2) is 13.8 Å². The quantitative estimate of drug-likeness (QED) is 0.804. The maximum atomic E-state index is 13.5. The number of hydrogen-bond acceptors (Lipinski definition) is 4. The van der Waals surface area contributed by atoms with Crippen molar-refractivity contribution < 1.29 is 17.9 Å². The normalized spacial score (nSPS) is 14.2.